The number of nitrogens with zero attached hydrogens (tertiary/aromatic N) is 2. The summed E-state index contributed by atoms with van der Waals surface area (Å²) in [5, 5.41) is 14.2. The van der Waals surface area contributed by atoms with Crippen molar-refractivity contribution in [2.45, 2.75) is 74.2 Å². The van der Waals surface area contributed by atoms with Crippen LogP contribution in [0.25, 0.3) is 0 Å². The van der Waals surface area contributed by atoms with Crippen LogP contribution in [0.15, 0.2) is 131 Å². The largest absolute Gasteiger partial charge is 1.00 e. The molecular formula is C45H45K2N2O10S2+. The topological polar surface area (TPSA) is 158 Å². The van der Waals surface area contributed by atoms with Crippen molar-refractivity contribution >= 4 is 51.2 Å². The number of esters is 2. The van der Waals surface area contributed by atoms with Gasteiger partial charge in [0.15, 0.2) is 12.3 Å². The minimum absolute atomic E-state index is 0. The molecule has 0 atom stereocenters. The molecular weight excluding hydrogens is 871 g/mol. The van der Waals surface area contributed by atoms with E-state index in [-0.39, 0.29) is 132 Å². The molecule has 6 rings (SSSR count). The van der Waals surface area contributed by atoms with Gasteiger partial charge in [0.05, 0.1) is 49.4 Å². The average molecular weight is 916 g/mol. The number of benzene rings is 4. The van der Waals surface area contributed by atoms with E-state index in [0.717, 1.165) is 62.6 Å². The molecule has 0 unspecified atom stereocenters. The molecule has 308 valence electrons. The quantitative estimate of drug-likeness (QED) is 0.0243. The number of allylic oxidation sites excluding steroid dienone is 6. The molecule has 0 bridgehead atoms. The molecule has 0 aromatic heterocycles. The summed E-state index contributed by atoms with van der Waals surface area (Å²) in [4.78, 5) is 26.2. The second-order valence-corrected chi connectivity index (χ2v) is 17.4. The van der Waals surface area contributed by atoms with Crippen LogP contribution in [0.2, 0.25) is 0 Å². The van der Waals surface area contributed by atoms with E-state index in [9.17, 15) is 27.8 Å². The Kier molecular flexibility index (Phi) is 18.8. The summed E-state index contributed by atoms with van der Waals surface area (Å²) >= 11 is 0.837. The van der Waals surface area contributed by atoms with Gasteiger partial charge in [-0.25, -0.2) is 8.42 Å². The zero-order valence-corrected chi connectivity index (χ0v) is 43.5. The summed E-state index contributed by atoms with van der Waals surface area (Å²) in [5.74, 6) is -0.636. The normalized spacial score (nSPS) is 15.7. The van der Waals surface area contributed by atoms with E-state index in [4.69, 9.17) is 9.47 Å². The Hall–Kier alpha value is -2.08. The van der Waals surface area contributed by atoms with Gasteiger partial charge in [-0.15, -0.1) is 0 Å². The maximum Gasteiger partial charge on any atom is 1.00 e. The van der Waals surface area contributed by atoms with Crippen LogP contribution >= 0.6 is 12.0 Å². The zero-order valence-electron chi connectivity index (χ0n) is 35.6. The summed E-state index contributed by atoms with van der Waals surface area (Å²) in [6.45, 7) is 9.24. The van der Waals surface area contributed by atoms with Gasteiger partial charge in [-0.05, 0) is 72.5 Å². The molecule has 2 heterocycles. The fourth-order valence-electron chi connectivity index (χ4n) is 7.64. The van der Waals surface area contributed by atoms with Crippen molar-refractivity contribution in [3.05, 3.63) is 154 Å². The van der Waals surface area contributed by atoms with Crippen LogP contribution in [0, 0.1) is 0 Å². The number of rotatable bonds is 15. The van der Waals surface area contributed by atoms with E-state index in [1.165, 1.54) is 26.4 Å². The van der Waals surface area contributed by atoms with E-state index in [1.807, 2.05) is 105 Å². The van der Waals surface area contributed by atoms with E-state index in [1.54, 1.807) is 6.07 Å². The Labute approximate surface area is 446 Å². The minimum atomic E-state index is -4.68. The summed E-state index contributed by atoms with van der Waals surface area (Å²) in [6.07, 6.45) is 10.2. The molecule has 0 fully saturated rings. The Morgan fingerprint density at radius 3 is 1.92 bits per heavy atom. The molecule has 61 heavy (non-hydrogen) atoms. The summed E-state index contributed by atoms with van der Waals surface area (Å²) in [5.41, 5.74) is 7.97. The number of hydrogen-bond acceptors (Lipinski definition) is 12. The first-order valence-electron chi connectivity index (χ1n) is 18.7. The maximum atomic E-state index is 12.1. The summed E-state index contributed by atoms with van der Waals surface area (Å²) < 4.78 is 52.7. The first kappa shape index (κ1) is 51.6. The summed E-state index contributed by atoms with van der Waals surface area (Å²) in [6, 6.07) is 25.8. The van der Waals surface area contributed by atoms with Gasteiger partial charge >= 0.3 is 115 Å². The minimum Gasteiger partial charge on any atom is -0.744 e. The number of fused-ring (bicyclic) bond motifs is 2. The van der Waals surface area contributed by atoms with Crippen molar-refractivity contribution in [1.82, 2.24) is 0 Å². The van der Waals surface area contributed by atoms with Crippen LogP contribution in [0.1, 0.15) is 61.1 Å². The van der Waals surface area contributed by atoms with Crippen molar-refractivity contribution < 1.29 is 154 Å². The first-order chi connectivity index (χ1) is 28.1. The SMILES string of the molecule is COC(=O)Cc1ccc(CN2/C(=C/C=C/C=C/C3=[N+](Cc4ccc(CC(=O)OC)cc4)c4ccc(SOO[O-])cc4C3(C)C)C(C)(C)c3cc(S(=O)(=O)[O-])ccc32)cc1.[K+].[K+]. The molecule has 0 amide bonds. The molecule has 0 saturated carbocycles. The van der Waals surface area contributed by atoms with Gasteiger partial charge in [-0.3, -0.25) is 14.6 Å². The molecule has 0 radical (unpaired) electrons. The van der Waals surface area contributed by atoms with Crippen LogP contribution in [0.5, 0.6) is 0 Å². The molecule has 2 aliphatic rings. The van der Waals surface area contributed by atoms with Gasteiger partial charge < -0.3 is 24.2 Å². The van der Waals surface area contributed by atoms with Crippen molar-refractivity contribution in [3.63, 3.8) is 0 Å². The number of carbonyl (C=O) groups excluding carboxylic acids is 2. The maximum absolute atomic E-state index is 12.1. The molecule has 4 aromatic rings. The third kappa shape index (κ3) is 12.2. The van der Waals surface area contributed by atoms with Crippen molar-refractivity contribution in [1.29, 1.82) is 0 Å². The van der Waals surface area contributed by atoms with Crippen LogP contribution in [-0.4, -0.2) is 49.4 Å². The smallest absolute Gasteiger partial charge is 0.744 e. The van der Waals surface area contributed by atoms with Gasteiger partial charge in [-0.1, -0.05) is 80.6 Å². The predicted molar refractivity (Wildman–Crippen MR) is 220 cm³/mol. The number of anilines is 1. The van der Waals surface area contributed by atoms with Gasteiger partial charge in [0, 0.05) is 51.5 Å². The van der Waals surface area contributed by atoms with E-state index < -0.39 is 20.9 Å². The number of carbonyl (C=O) groups is 2. The van der Waals surface area contributed by atoms with Gasteiger partial charge in [0.2, 0.25) is 5.69 Å². The van der Waals surface area contributed by atoms with Crippen LogP contribution in [-0.2, 0) is 75.3 Å². The van der Waals surface area contributed by atoms with Crippen LogP contribution in [0.4, 0.5) is 11.4 Å². The Morgan fingerprint density at radius 1 is 0.754 bits per heavy atom. The van der Waals surface area contributed by atoms with Gasteiger partial charge in [0.1, 0.15) is 10.1 Å². The fraction of sp³-hybridized carbons (Fsp3) is 0.267. The second-order valence-electron chi connectivity index (χ2n) is 15.3. The number of ether oxygens (including phenoxy) is 2. The molecule has 0 saturated heterocycles. The van der Waals surface area contributed by atoms with Crippen molar-refractivity contribution in [3.8, 4) is 0 Å². The van der Waals surface area contributed by atoms with Crippen molar-refractivity contribution in [2.75, 3.05) is 19.1 Å². The molecule has 2 aliphatic heterocycles. The van der Waals surface area contributed by atoms with Crippen LogP contribution in [0.3, 0.4) is 0 Å². The van der Waals surface area contributed by atoms with Crippen molar-refractivity contribution in [2.24, 2.45) is 0 Å². The Balaban J connectivity index is 0.00000410. The number of hydrogen-bond donors (Lipinski definition) is 0. The Morgan fingerprint density at radius 2 is 1.34 bits per heavy atom. The molecule has 0 aliphatic carbocycles. The standard InChI is InChI=1S/C45H46N2O10S2.2K/c1-44(2)36-26-34(58-57-56-50)20-22-38(36)46(28-32-16-12-30(13-17-32)24-42(48)54-5)40(44)10-8-7-9-11-41-45(3,4)37-27-35(59(51,52)53)21-23-39(37)47(41)29-33-18-14-31(15-19-33)25-43(49)55-6;;/h7-23,26-27H,24-25,28-29H2,1-6H3,(H-,50,51,52,53);;/q;2*+1/p-1. The average Bonchev–Trinajstić information content (AvgIpc) is 3.54. The first-order valence-corrected chi connectivity index (χ1v) is 20.9. The van der Waals surface area contributed by atoms with Gasteiger partial charge in [0.25, 0.3) is 0 Å². The third-order valence-electron chi connectivity index (χ3n) is 10.8. The number of methoxy groups -OCH3 is 2. The monoisotopic (exact) mass is 915 g/mol. The Bertz CT molecular complexity index is 2480. The fourth-order valence-corrected chi connectivity index (χ4v) is 8.53. The van der Waals surface area contributed by atoms with E-state index >= 15 is 0 Å². The van der Waals surface area contributed by atoms with Gasteiger partial charge in [-0.2, -0.15) is 8.91 Å². The van der Waals surface area contributed by atoms with E-state index in [2.05, 4.69) is 38.8 Å². The second kappa shape index (κ2) is 22.2. The summed E-state index contributed by atoms with van der Waals surface area (Å²) in [7, 11) is -1.96. The molecule has 0 N–H and O–H groups in total. The van der Waals surface area contributed by atoms with E-state index in [0.29, 0.717) is 23.5 Å². The molecule has 12 nitrogen and oxygen atoms in total. The van der Waals surface area contributed by atoms with Crippen LogP contribution < -0.4 is 113 Å². The molecule has 0 spiro atoms. The third-order valence-corrected chi connectivity index (χ3v) is 12.2. The molecule has 4 aromatic carbocycles. The predicted octanol–water partition coefficient (Wildman–Crippen LogP) is 0.831. The zero-order chi connectivity index (χ0) is 42.5. The molecule has 16 heteroatoms.